The second kappa shape index (κ2) is 8.21. The molecule has 1 N–H and O–H groups in total. The number of carbonyl (C=O) groups excluding carboxylic acids is 2. The smallest absolute Gasteiger partial charge is 0.242 e. The topological polar surface area (TPSA) is 49.4 Å². The van der Waals surface area contributed by atoms with Crippen molar-refractivity contribution in [3.05, 3.63) is 71.8 Å². The molecule has 2 atom stereocenters. The number of carbonyl (C=O) groups is 2. The lowest BCUT2D eigenvalue weighted by atomic mass is 10.1. The molecule has 2 unspecified atom stereocenters. The van der Waals surface area contributed by atoms with Crippen molar-refractivity contribution in [3.63, 3.8) is 0 Å². The van der Waals surface area contributed by atoms with Crippen molar-refractivity contribution < 1.29 is 9.59 Å². The average molecular weight is 354 g/mol. The number of hydrogen-bond donors (Lipinski definition) is 1. The monoisotopic (exact) mass is 354 g/mol. The zero-order valence-corrected chi connectivity index (χ0v) is 15.0. The van der Waals surface area contributed by atoms with Crippen LogP contribution in [0.2, 0.25) is 0 Å². The molecule has 0 saturated carbocycles. The summed E-state index contributed by atoms with van der Waals surface area (Å²) in [5, 5.41) is 2.99. The van der Waals surface area contributed by atoms with Gasteiger partial charge in [-0.1, -0.05) is 60.7 Å². The van der Waals surface area contributed by atoms with E-state index in [0.717, 1.165) is 11.3 Å². The molecule has 3 rings (SSSR count). The zero-order valence-electron chi connectivity index (χ0n) is 14.2. The van der Waals surface area contributed by atoms with Gasteiger partial charge in [-0.2, -0.15) is 0 Å². The highest BCUT2D eigenvalue weighted by Gasteiger charge is 2.41. The summed E-state index contributed by atoms with van der Waals surface area (Å²) in [6, 6.07) is 19.5. The van der Waals surface area contributed by atoms with Gasteiger partial charge in [-0.3, -0.25) is 9.59 Å². The van der Waals surface area contributed by atoms with Gasteiger partial charge in [0.15, 0.2) is 0 Å². The van der Waals surface area contributed by atoms with Crippen molar-refractivity contribution in [2.75, 3.05) is 0 Å². The van der Waals surface area contributed by atoms with Gasteiger partial charge in [0.25, 0.3) is 0 Å². The summed E-state index contributed by atoms with van der Waals surface area (Å²) in [7, 11) is 0. The van der Waals surface area contributed by atoms with E-state index >= 15 is 0 Å². The van der Waals surface area contributed by atoms with E-state index in [1.54, 1.807) is 23.6 Å². The second-order valence-corrected chi connectivity index (χ2v) is 7.30. The summed E-state index contributed by atoms with van der Waals surface area (Å²) < 4.78 is 0. The Morgan fingerprint density at radius 1 is 1.12 bits per heavy atom. The highest BCUT2D eigenvalue weighted by molar-refractivity contribution is 7.99. The van der Waals surface area contributed by atoms with Gasteiger partial charge in [0.05, 0.1) is 11.8 Å². The Balaban J connectivity index is 1.51. The van der Waals surface area contributed by atoms with Crippen LogP contribution in [0.5, 0.6) is 0 Å². The molecule has 0 bridgehead atoms. The third-order valence-corrected chi connectivity index (χ3v) is 5.62. The van der Waals surface area contributed by atoms with Crippen molar-refractivity contribution in [1.29, 1.82) is 0 Å². The van der Waals surface area contributed by atoms with E-state index in [-0.39, 0.29) is 17.2 Å². The Labute approximate surface area is 152 Å². The summed E-state index contributed by atoms with van der Waals surface area (Å²) in [4.78, 5) is 26.1. The maximum absolute atomic E-state index is 12.4. The van der Waals surface area contributed by atoms with Crippen LogP contribution in [0, 0.1) is 0 Å². The van der Waals surface area contributed by atoms with E-state index in [1.165, 1.54) is 5.56 Å². The minimum absolute atomic E-state index is 0.0490. The molecule has 2 amide bonds. The lowest BCUT2D eigenvalue weighted by molar-refractivity contribution is -0.149. The summed E-state index contributed by atoms with van der Waals surface area (Å²) in [6.45, 7) is 2.28. The molecule has 0 radical (unpaired) electrons. The first kappa shape index (κ1) is 17.5. The highest BCUT2D eigenvalue weighted by Crippen LogP contribution is 2.33. The molecule has 0 spiro atoms. The Bertz CT molecular complexity index is 721. The third kappa shape index (κ3) is 4.42. The fraction of sp³-hybridized carbons (Fsp3) is 0.300. The first-order chi connectivity index (χ1) is 12.1. The van der Waals surface area contributed by atoms with Gasteiger partial charge in [-0.15, -0.1) is 11.8 Å². The number of nitrogens with one attached hydrogen (secondary N) is 1. The lowest BCUT2D eigenvalue weighted by Crippen LogP contribution is -2.59. The second-order valence-electron chi connectivity index (χ2n) is 6.14. The fourth-order valence-electron chi connectivity index (χ4n) is 2.83. The molecular formula is C20H22N2O2S. The molecule has 1 aliphatic rings. The molecule has 0 aromatic heterocycles. The van der Waals surface area contributed by atoms with Crippen molar-refractivity contribution >= 4 is 23.6 Å². The van der Waals surface area contributed by atoms with E-state index in [2.05, 4.69) is 17.4 Å². The number of nitrogens with zero attached hydrogens (tertiary/aromatic N) is 1. The minimum Gasteiger partial charge on any atom is -0.350 e. The molecule has 130 valence electrons. The Morgan fingerprint density at radius 3 is 2.32 bits per heavy atom. The molecular weight excluding hydrogens is 332 g/mol. The first-order valence-corrected chi connectivity index (χ1v) is 9.48. The number of likely N-dealkylation sites (tertiary alicyclic amines) is 1. The van der Waals surface area contributed by atoms with E-state index in [9.17, 15) is 9.59 Å². The van der Waals surface area contributed by atoms with Crippen LogP contribution in [-0.4, -0.2) is 28.1 Å². The van der Waals surface area contributed by atoms with Gasteiger partial charge in [0, 0.05) is 12.3 Å². The maximum Gasteiger partial charge on any atom is 0.242 e. The van der Waals surface area contributed by atoms with Crippen LogP contribution in [0.4, 0.5) is 0 Å². The summed E-state index contributed by atoms with van der Waals surface area (Å²) >= 11 is 1.71. The highest BCUT2D eigenvalue weighted by atomic mass is 32.2. The van der Waals surface area contributed by atoms with Crippen LogP contribution in [0.15, 0.2) is 60.7 Å². The first-order valence-electron chi connectivity index (χ1n) is 8.43. The maximum atomic E-state index is 12.4. The van der Waals surface area contributed by atoms with Gasteiger partial charge >= 0.3 is 0 Å². The predicted octanol–water partition coefficient (Wildman–Crippen LogP) is 3.18. The molecule has 5 heteroatoms. The molecule has 2 aromatic rings. The van der Waals surface area contributed by atoms with Crippen LogP contribution in [-0.2, 0) is 21.9 Å². The number of β-lactam (4-membered cyclic amide) rings is 1. The van der Waals surface area contributed by atoms with E-state index in [0.29, 0.717) is 13.0 Å². The van der Waals surface area contributed by atoms with Gasteiger partial charge in [-0.05, 0) is 18.1 Å². The summed E-state index contributed by atoms with van der Waals surface area (Å²) in [5.74, 6) is 0.781. The van der Waals surface area contributed by atoms with Crippen LogP contribution < -0.4 is 5.32 Å². The summed E-state index contributed by atoms with van der Waals surface area (Å²) in [5.41, 5.74) is 2.28. The Kier molecular flexibility index (Phi) is 5.76. The van der Waals surface area contributed by atoms with Gasteiger partial charge < -0.3 is 10.2 Å². The summed E-state index contributed by atoms with van der Waals surface area (Å²) in [6.07, 6.45) is 0.508. The van der Waals surface area contributed by atoms with Crippen LogP contribution in [0.3, 0.4) is 0 Å². The average Bonchev–Trinajstić information content (AvgIpc) is 2.64. The standard InChI is InChI=1S/C20H22N2O2S/c1-15(20(24)21-13-16-8-4-2-5-9-16)22-18(23)12-19(22)25-14-17-10-6-3-7-11-17/h2-11,15,19H,12-14H2,1H3,(H,21,24). The fourth-order valence-corrected chi connectivity index (χ4v) is 4.13. The van der Waals surface area contributed by atoms with E-state index in [1.807, 2.05) is 48.5 Å². The third-order valence-electron chi connectivity index (χ3n) is 4.34. The van der Waals surface area contributed by atoms with Crippen LogP contribution in [0.1, 0.15) is 24.5 Å². The molecule has 1 aliphatic heterocycles. The van der Waals surface area contributed by atoms with E-state index in [4.69, 9.17) is 0 Å². The lowest BCUT2D eigenvalue weighted by Gasteiger charge is -2.43. The number of benzene rings is 2. The SMILES string of the molecule is CC(C(=O)NCc1ccccc1)N1C(=O)CC1SCc1ccccc1. The normalized spacial score (nSPS) is 17.7. The Hall–Kier alpha value is -2.27. The number of amides is 2. The van der Waals surface area contributed by atoms with Crippen LogP contribution >= 0.6 is 11.8 Å². The number of rotatable bonds is 7. The van der Waals surface area contributed by atoms with Gasteiger partial charge in [0.1, 0.15) is 6.04 Å². The van der Waals surface area contributed by atoms with Crippen LogP contribution in [0.25, 0.3) is 0 Å². The van der Waals surface area contributed by atoms with Crippen molar-refractivity contribution in [2.24, 2.45) is 0 Å². The molecule has 25 heavy (non-hydrogen) atoms. The zero-order chi connectivity index (χ0) is 17.6. The van der Waals surface area contributed by atoms with Crippen molar-refractivity contribution in [2.45, 2.75) is 37.1 Å². The van der Waals surface area contributed by atoms with Crippen molar-refractivity contribution in [1.82, 2.24) is 10.2 Å². The quantitative estimate of drug-likeness (QED) is 0.777. The molecule has 1 fully saturated rings. The van der Waals surface area contributed by atoms with Gasteiger partial charge in [0.2, 0.25) is 11.8 Å². The Morgan fingerprint density at radius 2 is 1.72 bits per heavy atom. The minimum atomic E-state index is -0.446. The van der Waals surface area contributed by atoms with Crippen molar-refractivity contribution in [3.8, 4) is 0 Å². The molecule has 2 aromatic carbocycles. The van der Waals surface area contributed by atoms with E-state index < -0.39 is 6.04 Å². The molecule has 1 saturated heterocycles. The molecule has 1 heterocycles. The molecule has 4 nitrogen and oxygen atoms in total. The predicted molar refractivity (Wildman–Crippen MR) is 101 cm³/mol. The number of thioether (sulfide) groups is 1. The van der Waals surface area contributed by atoms with Gasteiger partial charge in [-0.25, -0.2) is 0 Å². The number of hydrogen-bond acceptors (Lipinski definition) is 3. The molecule has 0 aliphatic carbocycles. The largest absolute Gasteiger partial charge is 0.350 e.